The highest BCUT2D eigenvalue weighted by molar-refractivity contribution is 5.71. The average Bonchev–Trinajstić information content (AvgIpc) is 1.87. The molecule has 10 heavy (non-hydrogen) atoms. The number of carbonyl (C=O) groups is 1. The van der Waals surface area contributed by atoms with Crippen LogP contribution in [0.15, 0.2) is 0 Å². The summed E-state index contributed by atoms with van der Waals surface area (Å²) in [5.74, 6) is 0.539. The number of nitrogens with two attached hydrogens (primary N) is 1. The lowest BCUT2D eigenvalue weighted by molar-refractivity contribution is 0.211. The van der Waals surface area contributed by atoms with Gasteiger partial charge in [-0.25, -0.2) is 4.79 Å². The summed E-state index contributed by atoms with van der Waals surface area (Å²) in [7, 11) is 1.72. The maximum atomic E-state index is 10.5. The van der Waals surface area contributed by atoms with Crippen molar-refractivity contribution in [3.63, 3.8) is 0 Å². The first-order valence-electron chi connectivity index (χ1n) is 3.58. The minimum atomic E-state index is -0.347. The first-order valence-corrected chi connectivity index (χ1v) is 3.58. The summed E-state index contributed by atoms with van der Waals surface area (Å²) in [5, 5.41) is 0. The predicted octanol–water partition coefficient (Wildman–Crippen LogP) is 1.04. The highest BCUT2D eigenvalue weighted by atomic mass is 16.2. The molecule has 0 aromatic heterocycles. The summed E-state index contributed by atoms with van der Waals surface area (Å²) >= 11 is 0. The van der Waals surface area contributed by atoms with Crippen molar-refractivity contribution in [2.45, 2.75) is 20.3 Å². The first-order chi connectivity index (χ1) is 4.57. The smallest absolute Gasteiger partial charge is 0.314 e. The van der Waals surface area contributed by atoms with Gasteiger partial charge in [0.05, 0.1) is 0 Å². The molecule has 0 rings (SSSR count). The zero-order valence-corrected chi connectivity index (χ0v) is 6.92. The van der Waals surface area contributed by atoms with Crippen LogP contribution >= 0.6 is 0 Å². The van der Waals surface area contributed by atoms with Crippen LogP contribution in [-0.4, -0.2) is 24.5 Å². The zero-order valence-electron chi connectivity index (χ0n) is 6.92. The van der Waals surface area contributed by atoms with E-state index in [1.165, 1.54) is 4.90 Å². The standard InChI is InChI=1S/C7H16N2O/c1-4-6(2)5-9(3)7(8)10/h6H,4-5H2,1-3H3,(H2,8,10). The number of amides is 2. The lowest BCUT2D eigenvalue weighted by Crippen LogP contribution is -2.35. The van der Waals surface area contributed by atoms with Gasteiger partial charge in [-0.1, -0.05) is 20.3 Å². The summed E-state index contributed by atoms with van der Waals surface area (Å²) in [6.45, 7) is 4.95. The molecule has 1 atom stereocenters. The number of hydrogen-bond acceptors (Lipinski definition) is 1. The fourth-order valence-electron chi connectivity index (χ4n) is 0.687. The molecule has 0 aromatic carbocycles. The third-order valence-corrected chi connectivity index (χ3v) is 1.66. The molecule has 0 aromatic rings. The van der Waals surface area contributed by atoms with Crippen LogP contribution in [0.3, 0.4) is 0 Å². The van der Waals surface area contributed by atoms with Crippen LogP contribution in [0.1, 0.15) is 20.3 Å². The minimum Gasteiger partial charge on any atom is -0.351 e. The van der Waals surface area contributed by atoms with Crippen LogP contribution in [0.4, 0.5) is 4.79 Å². The van der Waals surface area contributed by atoms with E-state index >= 15 is 0 Å². The average molecular weight is 144 g/mol. The number of urea groups is 1. The number of rotatable bonds is 3. The molecule has 0 saturated heterocycles. The van der Waals surface area contributed by atoms with Gasteiger partial charge in [-0.2, -0.15) is 0 Å². The van der Waals surface area contributed by atoms with Gasteiger partial charge in [0, 0.05) is 13.6 Å². The quantitative estimate of drug-likeness (QED) is 0.632. The number of hydrogen-bond donors (Lipinski definition) is 1. The molecular weight excluding hydrogens is 128 g/mol. The Morgan fingerprint density at radius 2 is 2.20 bits per heavy atom. The molecule has 0 aliphatic rings. The molecule has 60 valence electrons. The van der Waals surface area contributed by atoms with Crippen molar-refractivity contribution in [2.75, 3.05) is 13.6 Å². The van der Waals surface area contributed by atoms with Crippen molar-refractivity contribution in [3.05, 3.63) is 0 Å². The van der Waals surface area contributed by atoms with Crippen LogP contribution in [0, 0.1) is 5.92 Å². The van der Waals surface area contributed by atoms with Gasteiger partial charge in [0.25, 0.3) is 0 Å². The number of carbonyl (C=O) groups excluding carboxylic acids is 1. The summed E-state index contributed by atoms with van der Waals surface area (Å²) < 4.78 is 0. The van der Waals surface area contributed by atoms with E-state index in [0.29, 0.717) is 5.92 Å². The molecule has 1 unspecified atom stereocenters. The Hall–Kier alpha value is -0.730. The largest absolute Gasteiger partial charge is 0.351 e. The molecule has 0 fully saturated rings. The van der Waals surface area contributed by atoms with Gasteiger partial charge in [-0.05, 0) is 5.92 Å². The van der Waals surface area contributed by atoms with E-state index in [0.717, 1.165) is 13.0 Å². The van der Waals surface area contributed by atoms with Gasteiger partial charge in [-0.3, -0.25) is 0 Å². The highest BCUT2D eigenvalue weighted by Gasteiger charge is 2.06. The van der Waals surface area contributed by atoms with Crippen molar-refractivity contribution < 1.29 is 4.79 Å². The van der Waals surface area contributed by atoms with Crippen LogP contribution in [0.2, 0.25) is 0 Å². The van der Waals surface area contributed by atoms with Gasteiger partial charge < -0.3 is 10.6 Å². The van der Waals surface area contributed by atoms with Gasteiger partial charge in [0.2, 0.25) is 0 Å². The number of nitrogens with zero attached hydrogens (tertiary/aromatic N) is 1. The van der Waals surface area contributed by atoms with Gasteiger partial charge >= 0.3 is 6.03 Å². The molecule has 0 aliphatic carbocycles. The summed E-state index contributed by atoms with van der Waals surface area (Å²) in [6.07, 6.45) is 1.08. The molecule has 3 nitrogen and oxygen atoms in total. The van der Waals surface area contributed by atoms with Crippen molar-refractivity contribution >= 4 is 6.03 Å². The molecule has 0 saturated carbocycles. The Bertz CT molecular complexity index is 114. The fraction of sp³-hybridized carbons (Fsp3) is 0.857. The highest BCUT2D eigenvalue weighted by Crippen LogP contribution is 2.01. The molecule has 3 heteroatoms. The van der Waals surface area contributed by atoms with E-state index in [2.05, 4.69) is 13.8 Å². The topological polar surface area (TPSA) is 46.3 Å². The molecule has 2 amide bonds. The van der Waals surface area contributed by atoms with Crippen LogP contribution in [0.25, 0.3) is 0 Å². The second-order valence-corrected chi connectivity index (χ2v) is 2.73. The van der Waals surface area contributed by atoms with Crippen molar-refractivity contribution in [1.82, 2.24) is 4.90 Å². The minimum absolute atomic E-state index is 0.347. The Balaban J connectivity index is 3.56. The molecule has 0 heterocycles. The van der Waals surface area contributed by atoms with E-state index in [1.54, 1.807) is 7.05 Å². The van der Waals surface area contributed by atoms with Gasteiger partial charge in [0.15, 0.2) is 0 Å². The van der Waals surface area contributed by atoms with Crippen molar-refractivity contribution in [3.8, 4) is 0 Å². The summed E-state index contributed by atoms with van der Waals surface area (Å²) in [6, 6.07) is -0.347. The maximum absolute atomic E-state index is 10.5. The predicted molar refractivity (Wildman–Crippen MR) is 41.7 cm³/mol. The van der Waals surface area contributed by atoms with Crippen molar-refractivity contribution in [2.24, 2.45) is 11.7 Å². The van der Waals surface area contributed by atoms with E-state index in [-0.39, 0.29) is 6.03 Å². The molecule has 0 bridgehead atoms. The molecule has 2 N–H and O–H groups in total. The maximum Gasteiger partial charge on any atom is 0.314 e. The third-order valence-electron chi connectivity index (χ3n) is 1.66. The zero-order chi connectivity index (χ0) is 8.15. The third kappa shape index (κ3) is 3.33. The molecule has 0 radical (unpaired) electrons. The monoisotopic (exact) mass is 144 g/mol. The summed E-state index contributed by atoms with van der Waals surface area (Å²) in [5.41, 5.74) is 5.03. The molecule has 0 aliphatic heterocycles. The molecule has 0 spiro atoms. The van der Waals surface area contributed by atoms with Crippen molar-refractivity contribution in [1.29, 1.82) is 0 Å². The second kappa shape index (κ2) is 4.14. The van der Waals surface area contributed by atoms with E-state index < -0.39 is 0 Å². The SMILES string of the molecule is CCC(C)CN(C)C(N)=O. The summed E-state index contributed by atoms with van der Waals surface area (Å²) in [4.78, 5) is 12.0. The Labute approximate surface area is 62.2 Å². The lowest BCUT2D eigenvalue weighted by atomic mass is 10.1. The van der Waals surface area contributed by atoms with Crippen LogP contribution < -0.4 is 5.73 Å². The van der Waals surface area contributed by atoms with E-state index in [1.807, 2.05) is 0 Å². The van der Waals surface area contributed by atoms with E-state index in [4.69, 9.17) is 5.73 Å². The Morgan fingerprint density at radius 3 is 2.50 bits per heavy atom. The van der Waals surface area contributed by atoms with Gasteiger partial charge in [0.1, 0.15) is 0 Å². The van der Waals surface area contributed by atoms with E-state index in [9.17, 15) is 4.79 Å². The number of primary amides is 1. The fourth-order valence-corrected chi connectivity index (χ4v) is 0.687. The normalized spacial score (nSPS) is 12.7. The Morgan fingerprint density at radius 1 is 1.70 bits per heavy atom. The lowest BCUT2D eigenvalue weighted by Gasteiger charge is -2.17. The first kappa shape index (κ1) is 9.27. The Kier molecular flexibility index (Phi) is 3.84. The molecular formula is C7H16N2O. The van der Waals surface area contributed by atoms with Crippen LogP contribution in [-0.2, 0) is 0 Å². The van der Waals surface area contributed by atoms with Gasteiger partial charge in [-0.15, -0.1) is 0 Å². The van der Waals surface area contributed by atoms with Crippen LogP contribution in [0.5, 0.6) is 0 Å². The second-order valence-electron chi connectivity index (χ2n) is 2.73.